The predicted octanol–water partition coefficient (Wildman–Crippen LogP) is 3.03. The third kappa shape index (κ3) is 10.6. The van der Waals surface area contributed by atoms with Gasteiger partial charge in [-0.05, 0) is 57.5 Å². The van der Waals surface area contributed by atoms with Crippen LogP contribution in [0.5, 0.6) is 0 Å². The minimum absolute atomic E-state index is 0. The molecular formula is C22H46IN5O. The predicted molar refractivity (Wildman–Crippen MR) is 134 cm³/mol. The Labute approximate surface area is 196 Å². The molecule has 2 N–H and O–H groups in total. The molecule has 0 aliphatic carbocycles. The fourth-order valence-electron chi connectivity index (χ4n) is 4.34. The number of aliphatic imine (C=N–C) groups is 1. The van der Waals surface area contributed by atoms with Gasteiger partial charge in [-0.3, -0.25) is 9.89 Å². The maximum atomic E-state index is 5.51. The highest BCUT2D eigenvalue weighted by molar-refractivity contribution is 14.0. The molecule has 2 aliphatic rings. The van der Waals surface area contributed by atoms with E-state index in [0.29, 0.717) is 12.0 Å². The van der Waals surface area contributed by atoms with Crippen molar-refractivity contribution in [3.05, 3.63) is 0 Å². The van der Waals surface area contributed by atoms with Crippen molar-refractivity contribution in [2.75, 3.05) is 65.6 Å². The van der Waals surface area contributed by atoms with Crippen LogP contribution in [0.2, 0.25) is 0 Å². The molecule has 2 unspecified atom stereocenters. The van der Waals surface area contributed by atoms with Crippen molar-refractivity contribution in [3.8, 4) is 0 Å². The van der Waals surface area contributed by atoms with Gasteiger partial charge in [-0.1, -0.05) is 20.8 Å². The van der Waals surface area contributed by atoms with Crippen LogP contribution >= 0.6 is 24.0 Å². The maximum absolute atomic E-state index is 5.51. The van der Waals surface area contributed by atoms with Gasteiger partial charge in [0.25, 0.3) is 0 Å². The van der Waals surface area contributed by atoms with E-state index in [1.54, 1.807) is 0 Å². The van der Waals surface area contributed by atoms with E-state index in [1.165, 1.54) is 45.3 Å². The highest BCUT2D eigenvalue weighted by atomic mass is 127. The summed E-state index contributed by atoms with van der Waals surface area (Å²) in [6.45, 7) is 19.4. The van der Waals surface area contributed by atoms with Gasteiger partial charge < -0.3 is 20.3 Å². The van der Waals surface area contributed by atoms with E-state index in [9.17, 15) is 0 Å². The average Bonchev–Trinajstić information content (AvgIpc) is 2.68. The molecule has 2 heterocycles. The number of hydrogen-bond donors (Lipinski definition) is 2. The number of nitrogens with one attached hydrogen (secondary N) is 2. The molecule has 2 fully saturated rings. The Bertz CT molecular complexity index is 443. The lowest BCUT2D eigenvalue weighted by molar-refractivity contribution is 0.00867. The van der Waals surface area contributed by atoms with Crippen molar-refractivity contribution in [3.63, 3.8) is 0 Å². The first-order valence-electron chi connectivity index (χ1n) is 11.7. The van der Waals surface area contributed by atoms with E-state index in [4.69, 9.17) is 9.73 Å². The first-order valence-corrected chi connectivity index (χ1v) is 11.7. The number of unbranched alkanes of at least 4 members (excludes halogenated alkanes) is 1. The monoisotopic (exact) mass is 523 g/mol. The molecule has 0 amide bonds. The van der Waals surface area contributed by atoms with Gasteiger partial charge in [0.2, 0.25) is 0 Å². The lowest BCUT2D eigenvalue weighted by Crippen LogP contribution is -2.48. The molecule has 2 atom stereocenters. The number of piperidine rings is 1. The number of rotatable bonds is 10. The SMILES string of the molecule is CCNC(=NCC(C(C)C)N1CCOCC1)NCCCCN1CCCC(C)C1.I. The Balaban J connectivity index is 0.00000420. The van der Waals surface area contributed by atoms with E-state index < -0.39 is 0 Å². The fraction of sp³-hybridized carbons (Fsp3) is 0.955. The standard InChI is InChI=1S/C22H45N5O.HI/c1-5-23-22(24-10-6-7-11-26-12-8-9-20(4)18-26)25-17-21(19(2)3)27-13-15-28-16-14-27;/h19-21H,5-18H2,1-4H3,(H2,23,24,25);1H. The van der Waals surface area contributed by atoms with Gasteiger partial charge in [0.1, 0.15) is 0 Å². The molecule has 0 spiro atoms. The molecule has 172 valence electrons. The fourth-order valence-corrected chi connectivity index (χ4v) is 4.34. The van der Waals surface area contributed by atoms with E-state index in [-0.39, 0.29) is 24.0 Å². The summed E-state index contributed by atoms with van der Waals surface area (Å²) in [5.41, 5.74) is 0. The van der Waals surface area contributed by atoms with Crippen LogP contribution in [0.25, 0.3) is 0 Å². The summed E-state index contributed by atoms with van der Waals surface area (Å²) in [6.07, 6.45) is 5.24. The van der Waals surface area contributed by atoms with Crippen LogP contribution in [0, 0.1) is 11.8 Å². The second kappa shape index (κ2) is 15.6. The van der Waals surface area contributed by atoms with E-state index in [1.807, 2.05) is 0 Å². The third-order valence-corrected chi connectivity index (χ3v) is 6.00. The summed E-state index contributed by atoms with van der Waals surface area (Å²) in [5.74, 6) is 2.43. The second-order valence-corrected chi connectivity index (χ2v) is 8.86. The molecule has 2 rings (SSSR count). The molecule has 6 nitrogen and oxygen atoms in total. The van der Waals surface area contributed by atoms with Gasteiger partial charge in [0.05, 0.1) is 19.8 Å². The Hall–Kier alpha value is -0.120. The summed E-state index contributed by atoms with van der Waals surface area (Å²) in [7, 11) is 0. The Morgan fingerprint density at radius 1 is 1.14 bits per heavy atom. The van der Waals surface area contributed by atoms with Gasteiger partial charge in [0, 0.05) is 38.8 Å². The Morgan fingerprint density at radius 3 is 2.55 bits per heavy atom. The molecule has 7 heteroatoms. The van der Waals surface area contributed by atoms with Crippen LogP contribution in [0.1, 0.15) is 53.4 Å². The van der Waals surface area contributed by atoms with Gasteiger partial charge >= 0.3 is 0 Å². The number of halogens is 1. The molecule has 2 saturated heterocycles. The number of guanidine groups is 1. The van der Waals surface area contributed by atoms with Crippen LogP contribution in [-0.4, -0.2) is 87.4 Å². The van der Waals surface area contributed by atoms with Gasteiger partial charge in [-0.15, -0.1) is 24.0 Å². The van der Waals surface area contributed by atoms with E-state index >= 15 is 0 Å². The van der Waals surface area contributed by atoms with Crippen molar-refractivity contribution in [2.24, 2.45) is 16.8 Å². The van der Waals surface area contributed by atoms with Crippen LogP contribution < -0.4 is 10.6 Å². The molecule has 2 aliphatic heterocycles. The zero-order valence-corrected chi connectivity index (χ0v) is 21.6. The molecule has 29 heavy (non-hydrogen) atoms. The minimum atomic E-state index is 0. The first kappa shape index (κ1) is 26.9. The van der Waals surface area contributed by atoms with Crippen LogP contribution in [0.15, 0.2) is 4.99 Å². The normalized spacial score (nSPS) is 22.9. The molecule has 0 aromatic heterocycles. The summed E-state index contributed by atoms with van der Waals surface area (Å²) < 4.78 is 5.51. The second-order valence-electron chi connectivity index (χ2n) is 8.86. The highest BCUT2D eigenvalue weighted by Crippen LogP contribution is 2.15. The summed E-state index contributed by atoms with van der Waals surface area (Å²) >= 11 is 0. The molecular weight excluding hydrogens is 477 g/mol. The molecule has 0 aromatic carbocycles. The summed E-state index contributed by atoms with van der Waals surface area (Å²) in [4.78, 5) is 10.1. The largest absolute Gasteiger partial charge is 0.379 e. The number of nitrogens with zero attached hydrogens (tertiary/aromatic N) is 3. The third-order valence-electron chi connectivity index (χ3n) is 6.00. The van der Waals surface area contributed by atoms with Crippen LogP contribution in [-0.2, 0) is 4.74 Å². The minimum Gasteiger partial charge on any atom is -0.379 e. The summed E-state index contributed by atoms with van der Waals surface area (Å²) in [5, 5.41) is 6.95. The number of ether oxygens (including phenoxy) is 1. The molecule has 0 bridgehead atoms. The van der Waals surface area contributed by atoms with Crippen molar-refractivity contribution >= 4 is 29.9 Å². The quantitative estimate of drug-likeness (QED) is 0.200. The zero-order valence-electron chi connectivity index (χ0n) is 19.3. The number of morpholine rings is 1. The molecule has 0 saturated carbocycles. The topological polar surface area (TPSA) is 52.1 Å². The Kier molecular flexibility index (Phi) is 14.5. The van der Waals surface area contributed by atoms with Crippen molar-refractivity contribution in [1.29, 1.82) is 0 Å². The van der Waals surface area contributed by atoms with E-state index in [2.05, 4.69) is 48.1 Å². The van der Waals surface area contributed by atoms with Crippen molar-refractivity contribution in [2.45, 2.75) is 59.4 Å². The smallest absolute Gasteiger partial charge is 0.191 e. The zero-order chi connectivity index (χ0) is 20.2. The lowest BCUT2D eigenvalue weighted by atomic mass is 10.0. The van der Waals surface area contributed by atoms with Crippen molar-refractivity contribution in [1.82, 2.24) is 20.4 Å². The van der Waals surface area contributed by atoms with Gasteiger partial charge in [-0.2, -0.15) is 0 Å². The molecule has 0 radical (unpaired) electrons. The van der Waals surface area contributed by atoms with Crippen molar-refractivity contribution < 1.29 is 4.74 Å². The summed E-state index contributed by atoms with van der Waals surface area (Å²) in [6, 6.07) is 0.487. The van der Waals surface area contributed by atoms with Crippen LogP contribution in [0.4, 0.5) is 0 Å². The van der Waals surface area contributed by atoms with Gasteiger partial charge in [-0.25, -0.2) is 0 Å². The first-order chi connectivity index (χ1) is 13.6. The average molecular weight is 524 g/mol. The van der Waals surface area contributed by atoms with Gasteiger partial charge in [0.15, 0.2) is 5.96 Å². The number of hydrogen-bond acceptors (Lipinski definition) is 4. The molecule has 0 aromatic rings. The maximum Gasteiger partial charge on any atom is 0.191 e. The van der Waals surface area contributed by atoms with Crippen LogP contribution in [0.3, 0.4) is 0 Å². The van der Waals surface area contributed by atoms with E-state index in [0.717, 1.165) is 57.8 Å². The lowest BCUT2D eigenvalue weighted by Gasteiger charge is -2.36. The Morgan fingerprint density at radius 2 is 1.90 bits per heavy atom. The highest BCUT2D eigenvalue weighted by Gasteiger charge is 2.23. The number of likely N-dealkylation sites (tertiary alicyclic amines) is 1.